The van der Waals surface area contributed by atoms with Crippen LogP contribution < -0.4 is 10.6 Å². The summed E-state index contributed by atoms with van der Waals surface area (Å²) in [5.41, 5.74) is 0. The number of halogens is 1. The van der Waals surface area contributed by atoms with Gasteiger partial charge in [0.05, 0.1) is 11.5 Å². The number of aromatic nitrogens is 1. The highest BCUT2D eigenvalue weighted by atomic mass is 19.1. The summed E-state index contributed by atoms with van der Waals surface area (Å²) in [6, 6.07) is 8.26. The van der Waals surface area contributed by atoms with Gasteiger partial charge in [0.15, 0.2) is 0 Å². The first-order valence-electron chi connectivity index (χ1n) is 3.82. The Hall–Kier alpha value is -1.70. The van der Waals surface area contributed by atoms with Crippen LogP contribution in [0.5, 0.6) is 0 Å². The lowest BCUT2D eigenvalue weighted by atomic mass is 10.4. The Bertz CT molecular complexity index is 438. The summed E-state index contributed by atoms with van der Waals surface area (Å²) in [6.07, 6.45) is 1.12. The lowest BCUT2D eigenvalue weighted by molar-refractivity contribution is 0.622. The molecule has 0 bridgehead atoms. The first-order valence-corrected chi connectivity index (χ1v) is 3.82. The van der Waals surface area contributed by atoms with Crippen molar-refractivity contribution in [3.8, 4) is 0 Å². The summed E-state index contributed by atoms with van der Waals surface area (Å²) in [5.74, 6) is -0.425. The van der Waals surface area contributed by atoms with Gasteiger partial charge in [-0.05, 0) is 17.4 Å². The Labute approximate surface area is 76.2 Å². The normalized spacial score (nSPS) is 9.00. The van der Waals surface area contributed by atoms with Crippen LogP contribution in [-0.2, 0) is 0 Å². The van der Waals surface area contributed by atoms with E-state index in [0.29, 0.717) is 10.6 Å². The molecule has 0 aromatic carbocycles. The van der Waals surface area contributed by atoms with Crippen LogP contribution >= 0.6 is 0 Å². The van der Waals surface area contributed by atoms with E-state index >= 15 is 0 Å². The zero-order chi connectivity index (χ0) is 9.68. The van der Waals surface area contributed by atoms with Gasteiger partial charge in [-0.2, -0.15) is 0 Å². The van der Waals surface area contributed by atoms with Crippen LogP contribution in [0.2, 0.25) is 0 Å². The van der Waals surface area contributed by atoms with Crippen LogP contribution in [0, 0.1) is 5.82 Å². The molecule has 0 aliphatic rings. The minimum Gasteiger partial charge on any atom is -0.254 e. The monoisotopic (exact) mass is 175 g/mol. The molecule has 1 aromatic heterocycles. The molecule has 1 nitrogen and oxygen atoms in total. The molecule has 0 aliphatic carbocycles. The lowest BCUT2D eigenvalue weighted by Gasteiger charge is -1.80. The molecule has 0 radical (unpaired) electrons. The quantitative estimate of drug-likeness (QED) is 0.576. The third-order valence-corrected chi connectivity index (χ3v) is 1.39. The number of hydrogen-bond donors (Lipinski definition) is 0. The van der Waals surface area contributed by atoms with Gasteiger partial charge >= 0.3 is 0 Å². The average molecular weight is 175 g/mol. The molecule has 2 heteroatoms. The van der Waals surface area contributed by atoms with Crippen molar-refractivity contribution in [3.63, 3.8) is 0 Å². The summed E-state index contributed by atoms with van der Waals surface area (Å²) in [5, 5.41) is 1.11. The standard InChI is InChI=1S/C11H10FN/c1-9-5-3-4-6-10(2)13-8-11(12)7-9/h3-8H,1-2H2. The van der Waals surface area contributed by atoms with E-state index < -0.39 is 5.82 Å². The highest BCUT2D eigenvalue weighted by Gasteiger charge is 1.79. The summed E-state index contributed by atoms with van der Waals surface area (Å²) in [7, 11) is 0. The fourth-order valence-corrected chi connectivity index (χ4v) is 0.796. The topological polar surface area (TPSA) is 12.9 Å². The second-order valence-corrected chi connectivity index (χ2v) is 2.57. The van der Waals surface area contributed by atoms with E-state index in [4.69, 9.17) is 0 Å². The fourth-order valence-electron chi connectivity index (χ4n) is 0.796. The van der Waals surface area contributed by atoms with Gasteiger partial charge in [-0.25, -0.2) is 4.39 Å². The Morgan fingerprint density at radius 1 is 1.15 bits per heavy atom. The average Bonchev–Trinajstić information content (AvgIpc) is 2.08. The van der Waals surface area contributed by atoms with Crippen LogP contribution in [0.1, 0.15) is 0 Å². The van der Waals surface area contributed by atoms with Gasteiger partial charge in [-0.15, -0.1) is 0 Å². The highest BCUT2D eigenvalue weighted by Crippen LogP contribution is 1.81. The second-order valence-electron chi connectivity index (χ2n) is 2.57. The van der Waals surface area contributed by atoms with Gasteiger partial charge in [0.25, 0.3) is 0 Å². The Morgan fingerprint density at radius 2 is 1.85 bits per heavy atom. The second kappa shape index (κ2) is 4.36. The van der Waals surface area contributed by atoms with Crippen molar-refractivity contribution in [1.29, 1.82) is 0 Å². The number of rotatable bonds is 0. The molecule has 1 aromatic rings. The number of hydrogen-bond acceptors (Lipinski definition) is 1. The van der Waals surface area contributed by atoms with Crippen molar-refractivity contribution >= 4 is 13.2 Å². The van der Waals surface area contributed by atoms with E-state index in [2.05, 4.69) is 18.1 Å². The predicted octanol–water partition coefficient (Wildman–Crippen LogP) is 1.17. The Balaban J connectivity index is 3.49. The highest BCUT2D eigenvalue weighted by molar-refractivity contribution is 5.07. The van der Waals surface area contributed by atoms with Gasteiger partial charge in [0, 0.05) is 0 Å². The van der Waals surface area contributed by atoms with E-state index in [1.165, 1.54) is 6.07 Å². The molecule has 0 saturated heterocycles. The molecule has 0 spiro atoms. The first-order chi connectivity index (χ1) is 6.18. The van der Waals surface area contributed by atoms with Crippen molar-refractivity contribution < 1.29 is 4.39 Å². The molecule has 0 fully saturated rings. The minimum absolute atomic E-state index is 0.425. The molecule has 0 unspecified atom stereocenters. The Kier molecular flexibility index (Phi) is 3.15. The van der Waals surface area contributed by atoms with Crippen LogP contribution in [-0.4, -0.2) is 4.98 Å². The van der Waals surface area contributed by atoms with Gasteiger partial charge in [-0.1, -0.05) is 31.4 Å². The van der Waals surface area contributed by atoms with Crippen LogP contribution in [0.4, 0.5) is 4.39 Å². The predicted molar refractivity (Wildman–Crippen MR) is 52.1 cm³/mol. The van der Waals surface area contributed by atoms with E-state index in [1.54, 1.807) is 24.3 Å². The van der Waals surface area contributed by atoms with E-state index in [9.17, 15) is 4.39 Å². The maximum absolute atomic E-state index is 12.9. The summed E-state index contributed by atoms with van der Waals surface area (Å²) >= 11 is 0. The first kappa shape index (κ1) is 9.39. The summed E-state index contributed by atoms with van der Waals surface area (Å²) < 4.78 is 12.9. The van der Waals surface area contributed by atoms with E-state index in [1.807, 2.05) is 0 Å². The molecule has 1 heterocycles. The molecule has 0 amide bonds. The zero-order valence-electron chi connectivity index (χ0n) is 7.20. The summed E-state index contributed by atoms with van der Waals surface area (Å²) in [6.45, 7) is 7.24. The maximum atomic E-state index is 12.9. The fraction of sp³-hybridized carbons (Fsp3) is 0. The molecule has 13 heavy (non-hydrogen) atoms. The van der Waals surface area contributed by atoms with Crippen molar-refractivity contribution in [2.45, 2.75) is 0 Å². The zero-order valence-corrected chi connectivity index (χ0v) is 7.20. The molecule has 66 valence electrons. The number of nitrogens with zero attached hydrogens (tertiary/aromatic N) is 1. The largest absolute Gasteiger partial charge is 0.254 e. The molecular formula is C11H10FN. The van der Waals surface area contributed by atoms with E-state index in [-0.39, 0.29) is 0 Å². The SMILES string of the molecule is C=c1ccccc(=C)ncc(F)c1. The van der Waals surface area contributed by atoms with Gasteiger partial charge in [0.2, 0.25) is 0 Å². The molecular weight excluding hydrogens is 165 g/mol. The molecule has 0 atom stereocenters. The van der Waals surface area contributed by atoms with Crippen molar-refractivity contribution in [1.82, 2.24) is 4.98 Å². The van der Waals surface area contributed by atoms with Gasteiger partial charge in [0.1, 0.15) is 5.82 Å². The molecule has 0 saturated carbocycles. The van der Waals surface area contributed by atoms with Crippen LogP contribution in [0.25, 0.3) is 13.2 Å². The molecule has 0 N–H and O–H groups in total. The van der Waals surface area contributed by atoms with E-state index in [0.717, 1.165) is 6.20 Å². The van der Waals surface area contributed by atoms with Gasteiger partial charge < -0.3 is 0 Å². The maximum Gasteiger partial charge on any atom is 0.142 e. The van der Waals surface area contributed by atoms with Gasteiger partial charge in [-0.3, -0.25) is 4.98 Å². The summed E-state index contributed by atoms with van der Waals surface area (Å²) in [4.78, 5) is 3.78. The smallest absolute Gasteiger partial charge is 0.142 e. The van der Waals surface area contributed by atoms with Crippen LogP contribution in [0.3, 0.4) is 0 Å². The third kappa shape index (κ3) is 3.47. The third-order valence-electron chi connectivity index (χ3n) is 1.39. The van der Waals surface area contributed by atoms with Crippen molar-refractivity contribution in [3.05, 3.63) is 52.9 Å². The minimum atomic E-state index is -0.425. The lowest BCUT2D eigenvalue weighted by Crippen LogP contribution is -1.99. The van der Waals surface area contributed by atoms with Crippen molar-refractivity contribution in [2.24, 2.45) is 0 Å². The van der Waals surface area contributed by atoms with Crippen molar-refractivity contribution in [2.75, 3.05) is 0 Å². The van der Waals surface area contributed by atoms with Crippen LogP contribution in [0.15, 0.2) is 36.5 Å². The Morgan fingerprint density at radius 3 is 2.62 bits per heavy atom. The molecule has 0 aliphatic heterocycles. The molecule has 1 rings (SSSR count).